The maximum Gasteiger partial charge on any atom is 0.255 e. The molecule has 0 aromatic heterocycles. The summed E-state index contributed by atoms with van der Waals surface area (Å²) < 4.78 is 6.75. The number of amides is 3. The zero-order chi connectivity index (χ0) is 38.5. The number of phenolic OH excluding ortho intramolecular Hbond substituents is 1. The standard InChI is InChI=1S/C48H50N4O5/c53-37-11-13-39-32(23-37)8-12-38(30-4-2-1-3-5-30)44(39)31-6-9-35(10-7-31)50-26-47(27-50)19-17-36(18-20-47)51-28-48(29-51)21-16-33-22-34-25-52(41-14-15-43(54)49-45(41)55)46(56)40(34)24-42(33)57-48/h1-7,9-11,13,22-24,36,38,41,44,53H,8,12,14-21,25-29H2,(H,49,54,55)/t38-,41?,44+/m1/s1. The van der Waals surface area contributed by atoms with E-state index in [1.54, 1.807) is 4.90 Å². The summed E-state index contributed by atoms with van der Waals surface area (Å²) in [7, 11) is 0. The monoisotopic (exact) mass is 762 g/mol. The number of imide groups is 1. The van der Waals surface area contributed by atoms with Crippen molar-refractivity contribution < 1.29 is 24.2 Å². The zero-order valence-electron chi connectivity index (χ0n) is 32.4. The number of piperidine rings is 1. The van der Waals surface area contributed by atoms with E-state index in [4.69, 9.17) is 4.74 Å². The Kier molecular flexibility index (Phi) is 8.11. The molecule has 2 spiro atoms. The molecule has 0 bridgehead atoms. The largest absolute Gasteiger partial charge is 0.508 e. The van der Waals surface area contributed by atoms with Gasteiger partial charge in [0.15, 0.2) is 0 Å². The Hall–Kier alpha value is -5.15. The first-order valence-electron chi connectivity index (χ1n) is 21.2. The van der Waals surface area contributed by atoms with E-state index in [-0.39, 0.29) is 35.7 Å². The molecule has 57 heavy (non-hydrogen) atoms. The van der Waals surface area contributed by atoms with Gasteiger partial charge < -0.3 is 19.6 Å². The summed E-state index contributed by atoms with van der Waals surface area (Å²) in [5, 5.41) is 12.6. The third-order valence-corrected chi connectivity index (χ3v) is 14.9. The number of fused-ring (bicyclic) bond motifs is 3. The Balaban J connectivity index is 0.698. The van der Waals surface area contributed by atoms with Gasteiger partial charge >= 0.3 is 0 Å². The zero-order valence-corrected chi connectivity index (χ0v) is 32.4. The third-order valence-electron chi connectivity index (χ3n) is 14.9. The first-order chi connectivity index (χ1) is 27.7. The minimum Gasteiger partial charge on any atom is -0.508 e. The van der Waals surface area contributed by atoms with Gasteiger partial charge in [-0.2, -0.15) is 0 Å². The molecule has 4 aromatic rings. The van der Waals surface area contributed by atoms with Crippen LogP contribution >= 0.6 is 0 Å². The SMILES string of the molecule is O=C1CCC(N2Cc3cc4c(cc3C2=O)OC2(CC4)CN(C3CCC4(CC3)CN(c3ccc([C@@H]5c6ccc(O)cc6CC[C@@H]5c5ccccc5)cc3)C4)C2)C(=O)N1. The fourth-order valence-electron chi connectivity index (χ4n) is 11.8. The van der Waals surface area contributed by atoms with Crippen LogP contribution in [-0.2, 0) is 29.0 Å². The summed E-state index contributed by atoms with van der Waals surface area (Å²) in [6.45, 7) is 4.54. The molecule has 292 valence electrons. The fourth-order valence-corrected chi connectivity index (χ4v) is 11.8. The number of ether oxygens (including phenoxy) is 1. The number of benzene rings is 4. The van der Waals surface area contributed by atoms with Gasteiger partial charge in [-0.25, -0.2) is 0 Å². The molecule has 9 nitrogen and oxygen atoms in total. The number of carbonyl (C=O) groups is 3. The second-order valence-electron chi connectivity index (χ2n) is 18.3. The molecule has 4 aromatic carbocycles. The van der Waals surface area contributed by atoms with Crippen molar-refractivity contribution in [1.29, 1.82) is 0 Å². The first-order valence-corrected chi connectivity index (χ1v) is 21.2. The lowest BCUT2D eigenvalue weighted by molar-refractivity contribution is -0.136. The second-order valence-corrected chi connectivity index (χ2v) is 18.3. The van der Waals surface area contributed by atoms with Crippen LogP contribution in [0.3, 0.4) is 0 Å². The van der Waals surface area contributed by atoms with E-state index in [9.17, 15) is 19.5 Å². The summed E-state index contributed by atoms with van der Waals surface area (Å²) in [5.74, 6) is 1.06. The van der Waals surface area contributed by atoms with Crippen molar-refractivity contribution >= 4 is 23.4 Å². The summed E-state index contributed by atoms with van der Waals surface area (Å²) >= 11 is 0. The van der Waals surface area contributed by atoms with Crippen molar-refractivity contribution in [1.82, 2.24) is 15.1 Å². The maximum atomic E-state index is 13.5. The second kappa shape index (κ2) is 13.2. The normalized spacial score (nSPS) is 26.2. The van der Waals surface area contributed by atoms with Crippen LogP contribution in [0.5, 0.6) is 11.5 Å². The van der Waals surface area contributed by atoms with Crippen LogP contribution in [0.2, 0.25) is 0 Å². The lowest BCUT2D eigenvalue weighted by atomic mass is 9.66. The number of nitrogens with one attached hydrogen (secondary N) is 1. The summed E-state index contributed by atoms with van der Waals surface area (Å²) in [4.78, 5) is 44.5. The van der Waals surface area contributed by atoms with Crippen molar-refractivity contribution in [3.8, 4) is 11.5 Å². The van der Waals surface area contributed by atoms with Gasteiger partial charge in [-0.1, -0.05) is 48.5 Å². The Labute approximate surface area is 334 Å². The quantitative estimate of drug-likeness (QED) is 0.215. The van der Waals surface area contributed by atoms with Crippen molar-refractivity contribution in [2.45, 2.75) is 100 Å². The van der Waals surface area contributed by atoms with E-state index in [0.717, 1.165) is 68.7 Å². The number of likely N-dealkylation sites (tertiary alicyclic amines) is 1. The van der Waals surface area contributed by atoms with Gasteiger partial charge in [-0.15, -0.1) is 0 Å². The number of anilines is 1. The minimum absolute atomic E-state index is 0.145. The molecule has 3 saturated heterocycles. The predicted octanol–water partition coefficient (Wildman–Crippen LogP) is 6.84. The van der Waals surface area contributed by atoms with Crippen LogP contribution in [0.4, 0.5) is 5.69 Å². The molecule has 2 N–H and O–H groups in total. The predicted molar refractivity (Wildman–Crippen MR) is 217 cm³/mol. The van der Waals surface area contributed by atoms with Crippen molar-refractivity contribution in [2.24, 2.45) is 5.41 Å². The maximum absolute atomic E-state index is 13.5. The molecular weight excluding hydrogens is 713 g/mol. The molecule has 3 amide bonds. The highest BCUT2D eigenvalue weighted by atomic mass is 16.5. The Morgan fingerprint density at radius 2 is 1.51 bits per heavy atom. The van der Waals surface area contributed by atoms with Crippen molar-refractivity contribution in [3.63, 3.8) is 0 Å². The number of carbonyl (C=O) groups excluding carboxylic acids is 3. The molecule has 2 aliphatic carbocycles. The van der Waals surface area contributed by atoms with Gasteiger partial charge in [0.25, 0.3) is 5.91 Å². The molecule has 9 heteroatoms. The molecule has 7 aliphatic rings. The van der Waals surface area contributed by atoms with Gasteiger partial charge in [0.1, 0.15) is 23.1 Å². The summed E-state index contributed by atoms with van der Waals surface area (Å²) in [6.07, 6.45) is 9.58. The molecule has 11 rings (SSSR count). The van der Waals surface area contributed by atoms with Gasteiger partial charge in [0.05, 0.1) is 0 Å². The average Bonchev–Trinajstić information content (AvgIpc) is 3.52. The van der Waals surface area contributed by atoms with E-state index in [2.05, 4.69) is 81.8 Å². The van der Waals surface area contributed by atoms with Crippen LogP contribution in [0, 0.1) is 5.41 Å². The molecule has 0 radical (unpaired) electrons. The number of hydrogen-bond acceptors (Lipinski definition) is 7. The lowest BCUT2D eigenvalue weighted by Crippen LogP contribution is -2.69. The van der Waals surface area contributed by atoms with Crippen LogP contribution < -0.4 is 15.0 Å². The number of aromatic hydroxyl groups is 1. The van der Waals surface area contributed by atoms with Gasteiger partial charge in [0.2, 0.25) is 11.8 Å². The molecule has 5 aliphatic heterocycles. The van der Waals surface area contributed by atoms with Gasteiger partial charge in [-0.3, -0.25) is 24.6 Å². The number of rotatable bonds is 5. The number of nitrogens with zero attached hydrogens (tertiary/aromatic N) is 3. The van der Waals surface area contributed by atoms with Crippen molar-refractivity contribution in [3.05, 3.63) is 124 Å². The Morgan fingerprint density at radius 3 is 2.28 bits per heavy atom. The molecule has 1 saturated carbocycles. The molecule has 1 unspecified atom stereocenters. The topological polar surface area (TPSA) is 102 Å². The highest BCUT2D eigenvalue weighted by molar-refractivity contribution is 6.05. The van der Waals surface area contributed by atoms with Gasteiger partial charge in [0, 0.05) is 67.8 Å². The molecular formula is C48H50N4O5. The lowest BCUT2D eigenvalue weighted by Gasteiger charge is -2.59. The molecule has 5 heterocycles. The van der Waals surface area contributed by atoms with E-state index in [1.165, 1.54) is 53.6 Å². The van der Waals surface area contributed by atoms with Gasteiger partial charge in [-0.05, 0) is 133 Å². The Morgan fingerprint density at radius 1 is 0.719 bits per heavy atom. The first kappa shape index (κ1) is 35.0. The van der Waals surface area contributed by atoms with Crippen LogP contribution in [0.15, 0.2) is 84.9 Å². The highest BCUT2D eigenvalue weighted by Gasteiger charge is 2.53. The van der Waals surface area contributed by atoms with E-state index < -0.39 is 6.04 Å². The van der Waals surface area contributed by atoms with E-state index >= 15 is 0 Å². The smallest absolute Gasteiger partial charge is 0.255 e. The number of phenols is 1. The summed E-state index contributed by atoms with van der Waals surface area (Å²) in [5.41, 5.74) is 9.61. The number of aryl methyl sites for hydroxylation is 2. The van der Waals surface area contributed by atoms with Crippen LogP contribution in [0.1, 0.15) is 107 Å². The van der Waals surface area contributed by atoms with Crippen LogP contribution in [0.25, 0.3) is 0 Å². The molecule has 3 atom stereocenters. The Bertz CT molecular complexity index is 2270. The minimum atomic E-state index is -0.603. The fraction of sp³-hybridized carbons (Fsp3) is 0.438. The number of hydrogen-bond donors (Lipinski definition) is 2. The summed E-state index contributed by atoms with van der Waals surface area (Å²) in [6, 6.07) is 30.3. The van der Waals surface area contributed by atoms with Crippen molar-refractivity contribution in [2.75, 3.05) is 31.1 Å². The third kappa shape index (κ3) is 5.95. The van der Waals surface area contributed by atoms with Crippen LogP contribution in [-0.4, -0.2) is 76.5 Å². The van der Waals surface area contributed by atoms with E-state index in [0.29, 0.717) is 41.7 Å². The highest BCUT2D eigenvalue weighted by Crippen LogP contribution is 2.51. The van der Waals surface area contributed by atoms with E-state index in [1.807, 2.05) is 18.2 Å². The molecule has 4 fully saturated rings. The average molecular weight is 763 g/mol.